The van der Waals surface area contributed by atoms with Crippen molar-refractivity contribution in [2.75, 3.05) is 13.1 Å². The summed E-state index contributed by atoms with van der Waals surface area (Å²) in [4.78, 5) is 25.8. The van der Waals surface area contributed by atoms with Crippen molar-refractivity contribution in [3.05, 3.63) is 53.1 Å². The predicted molar refractivity (Wildman–Crippen MR) is 100 cm³/mol. The molecule has 0 saturated carbocycles. The highest BCUT2D eigenvalue weighted by Gasteiger charge is 2.26. The summed E-state index contributed by atoms with van der Waals surface area (Å²) in [5.74, 6) is 0.812. The van der Waals surface area contributed by atoms with Crippen LogP contribution in [-0.4, -0.2) is 29.7 Å². The lowest BCUT2D eigenvalue weighted by atomic mass is 9.93. The molecule has 1 aromatic carbocycles. The van der Waals surface area contributed by atoms with Gasteiger partial charge >= 0.3 is 0 Å². The second-order valence-electron chi connectivity index (χ2n) is 6.74. The maximum absolute atomic E-state index is 12.5. The predicted octanol–water partition coefficient (Wildman–Crippen LogP) is 3.13. The number of allylic oxidation sites excluding steroid dienone is 3. The standard InChI is InChI=1S/C20H24NO2P/c1-14(15-2-6-18(22)7-3-15)12-20(23)21-11-10-17(13-21)16-4-8-19(24)9-5-16/h2,4-5,8-9,12,17H,3,6-7,10-11,13,24H2,1H3/b14-12+. The number of Topliss-reactive ketones (excluding diaryl/α,β-unsaturated/α-hetero) is 1. The molecule has 126 valence electrons. The van der Waals surface area contributed by atoms with Gasteiger partial charge < -0.3 is 4.90 Å². The largest absolute Gasteiger partial charge is 0.339 e. The summed E-state index contributed by atoms with van der Waals surface area (Å²) in [5, 5.41) is 1.18. The maximum atomic E-state index is 12.5. The van der Waals surface area contributed by atoms with Crippen LogP contribution >= 0.6 is 9.24 Å². The molecule has 1 heterocycles. The highest BCUT2D eigenvalue weighted by Crippen LogP contribution is 2.28. The number of likely N-dealkylation sites (tertiary alicyclic amines) is 1. The quantitative estimate of drug-likeness (QED) is 0.626. The molecule has 0 N–H and O–H groups in total. The average molecular weight is 341 g/mol. The molecular formula is C20H24NO2P. The van der Waals surface area contributed by atoms with E-state index in [2.05, 4.69) is 33.5 Å². The number of hydrogen-bond acceptors (Lipinski definition) is 2. The zero-order chi connectivity index (χ0) is 17.1. The fourth-order valence-corrected chi connectivity index (χ4v) is 3.64. The number of amides is 1. The molecule has 1 aliphatic carbocycles. The molecule has 4 heteroatoms. The van der Waals surface area contributed by atoms with E-state index in [1.807, 2.05) is 17.9 Å². The lowest BCUT2D eigenvalue weighted by Crippen LogP contribution is -2.27. The Labute approximate surface area is 146 Å². The number of hydrogen-bond donors (Lipinski definition) is 0. The lowest BCUT2D eigenvalue weighted by molar-refractivity contribution is -0.125. The highest BCUT2D eigenvalue weighted by molar-refractivity contribution is 7.27. The summed E-state index contributed by atoms with van der Waals surface area (Å²) >= 11 is 0. The van der Waals surface area contributed by atoms with Gasteiger partial charge in [0.15, 0.2) is 0 Å². The second kappa shape index (κ2) is 7.44. The van der Waals surface area contributed by atoms with Crippen molar-refractivity contribution < 1.29 is 9.59 Å². The number of carbonyl (C=O) groups excluding carboxylic acids is 2. The van der Waals surface area contributed by atoms with Gasteiger partial charge in [-0.05, 0) is 41.8 Å². The van der Waals surface area contributed by atoms with Crippen molar-refractivity contribution in [1.29, 1.82) is 0 Å². The third-order valence-electron chi connectivity index (χ3n) is 5.00. The van der Waals surface area contributed by atoms with Gasteiger partial charge in [-0.1, -0.05) is 30.3 Å². The molecule has 0 aromatic heterocycles. The van der Waals surface area contributed by atoms with E-state index >= 15 is 0 Å². The Morgan fingerprint density at radius 3 is 2.67 bits per heavy atom. The first-order valence-electron chi connectivity index (χ1n) is 8.56. The van der Waals surface area contributed by atoms with E-state index in [9.17, 15) is 9.59 Å². The molecule has 3 nitrogen and oxygen atoms in total. The Morgan fingerprint density at radius 1 is 1.25 bits per heavy atom. The third-order valence-corrected chi connectivity index (χ3v) is 5.39. The molecule has 1 saturated heterocycles. The molecule has 2 atom stereocenters. The van der Waals surface area contributed by atoms with Crippen molar-refractivity contribution in [2.45, 2.75) is 38.5 Å². The van der Waals surface area contributed by atoms with E-state index in [1.54, 1.807) is 6.08 Å². The van der Waals surface area contributed by atoms with E-state index in [0.717, 1.165) is 37.1 Å². The van der Waals surface area contributed by atoms with Crippen LogP contribution in [-0.2, 0) is 9.59 Å². The minimum atomic E-state index is 0.0930. The summed E-state index contributed by atoms with van der Waals surface area (Å²) in [6.45, 7) is 3.58. The molecule has 1 fully saturated rings. The number of benzene rings is 1. The molecule has 1 aromatic rings. The molecule has 1 aliphatic heterocycles. The van der Waals surface area contributed by atoms with Gasteiger partial charge in [0.1, 0.15) is 5.78 Å². The highest BCUT2D eigenvalue weighted by atomic mass is 31.0. The van der Waals surface area contributed by atoms with Gasteiger partial charge in [0.05, 0.1) is 0 Å². The number of carbonyl (C=O) groups is 2. The topological polar surface area (TPSA) is 37.4 Å². The molecule has 0 radical (unpaired) electrons. The van der Waals surface area contributed by atoms with Crippen molar-refractivity contribution in [3.8, 4) is 0 Å². The SMILES string of the molecule is C/C(=C\C(=O)N1CCC(c2ccc(P)cc2)C1)C1=CCC(=O)CC1. The minimum Gasteiger partial charge on any atom is -0.339 e. The van der Waals surface area contributed by atoms with E-state index in [0.29, 0.717) is 18.8 Å². The van der Waals surface area contributed by atoms with Gasteiger partial charge in [-0.3, -0.25) is 9.59 Å². The molecular weight excluding hydrogens is 317 g/mol. The van der Waals surface area contributed by atoms with Gasteiger partial charge in [-0.15, -0.1) is 9.24 Å². The van der Waals surface area contributed by atoms with Crippen LogP contribution in [0.5, 0.6) is 0 Å². The normalized spacial score (nSPS) is 21.8. The van der Waals surface area contributed by atoms with Crippen molar-refractivity contribution >= 4 is 26.2 Å². The zero-order valence-electron chi connectivity index (χ0n) is 14.1. The molecule has 1 amide bonds. The van der Waals surface area contributed by atoms with Crippen LogP contribution < -0.4 is 5.30 Å². The summed E-state index contributed by atoms with van der Waals surface area (Å²) in [7, 11) is 2.70. The first kappa shape index (κ1) is 17.1. The molecule has 2 aliphatic rings. The van der Waals surface area contributed by atoms with Gasteiger partial charge in [0.25, 0.3) is 0 Å². The lowest BCUT2D eigenvalue weighted by Gasteiger charge is -2.17. The van der Waals surface area contributed by atoms with E-state index in [1.165, 1.54) is 10.9 Å². The van der Waals surface area contributed by atoms with Gasteiger partial charge in [0, 0.05) is 37.9 Å². The summed E-state index contributed by atoms with van der Waals surface area (Å²) in [6.07, 6.45) is 6.61. The monoisotopic (exact) mass is 341 g/mol. The van der Waals surface area contributed by atoms with Crippen molar-refractivity contribution in [3.63, 3.8) is 0 Å². The molecule has 3 rings (SSSR count). The van der Waals surface area contributed by atoms with Crippen LogP contribution in [0.3, 0.4) is 0 Å². The molecule has 2 unspecified atom stereocenters. The molecule has 24 heavy (non-hydrogen) atoms. The van der Waals surface area contributed by atoms with Gasteiger partial charge in [-0.2, -0.15) is 0 Å². The second-order valence-corrected chi connectivity index (χ2v) is 7.40. The Bertz CT molecular complexity index is 703. The number of rotatable bonds is 3. The van der Waals surface area contributed by atoms with E-state index in [4.69, 9.17) is 0 Å². The number of nitrogens with zero attached hydrogens (tertiary/aromatic N) is 1. The summed E-state index contributed by atoms with van der Waals surface area (Å²) in [5.41, 5.74) is 3.46. The van der Waals surface area contributed by atoms with Crippen LogP contribution in [0.4, 0.5) is 0 Å². The fourth-order valence-electron chi connectivity index (χ4n) is 3.44. The van der Waals surface area contributed by atoms with Crippen molar-refractivity contribution in [1.82, 2.24) is 4.90 Å². The first-order chi connectivity index (χ1) is 11.5. The van der Waals surface area contributed by atoms with Crippen LogP contribution in [0.2, 0.25) is 0 Å². The average Bonchev–Trinajstić information content (AvgIpc) is 3.06. The maximum Gasteiger partial charge on any atom is 0.246 e. The summed E-state index contributed by atoms with van der Waals surface area (Å²) in [6, 6.07) is 8.52. The zero-order valence-corrected chi connectivity index (χ0v) is 15.3. The fraction of sp³-hybridized carbons (Fsp3) is 0.400. The first-order valence-corrected chi connectivity index (χ1v) is 9.14. The number of ketones is 1. The Hall–Kier alpha value is -1.73. The Morgan fingerprint density at radius 2 is 2.00 bits per heavy atom. The molecule has 0 spiro atoms. The van der Waals surface area contributed by atoms with E-state index in [-0.39, 0.29) is 11.7 Å². The minimum absolute atomic E-state index is 0.0930. The summed E-state index contributed by atoms with van der Waals surface area (Å²) < 4.78 is 0. The van der Waals surface area contributed by atoms with Crippen LogP contribution in [0.1, 0.15) is 44.1 Å². The van der Waals surface area contributed by atoms with Crippen LogP contribution in [0, 0.1) is 0 Å². The Kier molecular flexibility index (Phi) is 5.30. The van der Waals surface area contributed by atoms with Gasteiger partial charge in [0.2, 0.25) is 5.91 Å². The third kappa shape index (κ3) is 4.02. The van der Waals surface area contributed by atoms with Crippen LogP contribution in [0.25, 0.3) is 0 Å². The van der Waals surface area contributed by atoms with E-state index < -0.39 is 0 Å². The molecule has 0 bridgehead atoms. The van der Waals surface area contributed by atoms with Gasteiger partial charge in [-0.25, -0.2) is 0 Å². The Balaban J connectivity index is 1.63. The smallest absolute Gasteiger partial charge is 0.246 e. The van der Waals surface area contributed by atoms with Crippen LogP contribution in [0.15, 0.2) is 47.6 Å². The van der Waals surface area contributed by atoms with Crippen molar-refractivity contribution in [2.24, 2.45) is 0 Å².